The van der Waals surface area contributed by atoms with E-state index in [1.54, 1.807) is 13.3 Å². The number of methoxy groups -OCH3 is 1. The zero-order chi connectivity index (χ0) is 14.5. The van der Waals surface area contributed by atoms with E-state index >= 15 is 0 Å². The molecule has 0 aliphatic rings. The molecule has 2 rings (SSSR count). The highest BCUT2D eigenvalue weighted by Crippen LogP contribution is 2.24. The monoisotopic (exact) mass is 270 g/mol. The van der Waals surface area contributed by atoms with Crippen LogP contribution in [0.1, 0.15) is 27.2 Å². The Morgan fingerprint density at radius 2 is 2.10 bits per heavy atom. The van der Waals surface area contributed by atoms with Crippen LogP contribution in [-0.4, -0.2) is 18.0 Å². The van der Waals surface area contributed by atoms with Gasteiger partial charge in [-0.15, -0.1) is 0 Å². The van der Waals surface area contributed by atoms with E-state index in [0.717, 1.165) is 16.8 Å². The van der Waals surface area contributed by atoms with Gasteiger partial charge in [0.15, 0.2) is 0 Å². The van der Waals surface area contributed by atoms with E-state index in [-0.39, 0.29) is 5.91 Å². The Hall–Kier alpha value is -2.36. The molecule has 2 aromatic rings. The van der Waals surface area contributed by atoms with E-state index in [4.69, 9.17) is 4.74 Å². The molecule has 1 aromatic carbocycles. The number of aryl methyl sites for hydroxylation is 2. The van der Waals surface area contributed by atoms with E-state index in [1.165, 1.54) is 0 Å². The van der Waals surface area contributed by atoms with Gasteiger partial charge in [-0.2, -0.15) is 0 Å². The lowest BCUT2D eigenvalue weighted by molar-refractivity contribution is 0.0947. The van der Waals surface area contributed by atoms with Crippen molar-refractivity contribution in [1.82, 2.24) is 10.3 Å². The predicted molar refractivity (Wildman–Crippen MR) is 77.9 cm³/mol. The summed E-state index contributed by atoms with van der Waals surface area (Å²) in [5.41, 5.74) is 3.37. The van der Waals surface area contributed by atoms with E-state index in [0.29, 0.717) is 17.9 Å². The van der Waals surface area contributed by atoms with Crippen molar-refractivity contribution in [2.75, 3.05) is 7.11 Å². The third kappa shape index (κ3) is 3.15. The van der Waals surface area contributed by atoms with Crippen molar-refractivity contribution in [2.45, 2.75) is 20.4 Å². The quantitative estimate of drug-likeness (QED) is 0.929. The molecule has 1 heterocycles. The number of nitrogens with one attached hydrogen (secondary N) is 1. The Kier molecular flexibility index (Phi) is 4.35. The number of pyridine rings is 1. The van der Waals surface area contributed by atoms with Crippen LogP contribution in [0.3, 0.4) is 0 Å². The number of amides is 1. The molecule has 0 saturated carbocycles. The Labute approximate surface area is 118 Å². The molecule has 0 unspecified atom stereocenters. The molecule has 0 saturated heterocycles. The predicted octanol–water partition coefficient (Wildman–Crippen LogP) is 2.64. The number of carbonyl (C=O) groups excluding carboxylic acids is 1. The smallest absolute Gasteiger partial charge is 0.255 e. The fourth-order valence-corrected chi connectivity index (χ4v) is 2.16. The molecular weight excluding hydrogens is 252 g/mol. The first kappa shape index (κ1) is 14.1. The first-order valence-electron chi connectivity index (χ1n) is 6.45. The van der Waals surface area contributed by atoms with Crippen molar-refractivity contribution in [3.8, 4) is 5.75 Å². The zero-order valence-corrected chi connectivity index (χ0v) is 11.9. The number of rotatable bonds is 4. The molecular formula is C16H18N2O2. The minimum atomic E-state index is -0.153. The van der Waals surface area contributed by atoms with Crippen LogP contribution in [-0.2, 0) is 6.54 Å². The molecule has 104 valence electrons. The molecule has 1 amide bonds. The molecule has 0 fully saturated rings. The average molecular weight is 270 g/mol. The van der Waals surface area contributed by atoms with Gasteiger partial charge >= 0.3 is 0 Å². The van der Waals surface area contributed by atoms with Crippen LogP contribution in [0.4, 0.5) is 0 Å². The summed E-state index contributed by atoms with van der Waals surface area (Å²) >= 11 is 0. The van der Waals surface area contributed by atoms with Crippen LogP contribution in [0.25, 0.3) is 0 Å². The van der Waals surface area contributed by atoms with Crippen LogP contribution in [0.2, 0.25) is 0 Å². The van der Waals surface area contributed by atoms with Gasteiger partial charge in [0.05, 0.1) is 24.9 Å². The lowest BCUT2D eigenvalue weighted by atomic mass is 10.0. The van der Waals surface area contributed by atoms with Crippen molar-refractivity contribution >= 4 is 5.91 Å². The second-order valence-electron chi connectivity index (χ2n) is 4.67. The van der Waals surface area contributed by atoms with Gasteiger partial charge in [-0.1, -0.05) is 12.1 Å². The van der Waals surface area contributed by atoms with Gasteiger partial charge in [0.1, 0.15) is 5.75 Å². The standard InChI is InChI=1S/C16H18N2O2/c1-11-8-12(2)15(20-3)14(9-11)16(19)18-10-13-6-4-5-7-17-13/h4-9H,10H2,1-3H3,(H,18,19). The highest BCUT2D eigenvalue weighted by Gasteiger charge is 2.14. The molecule has 0 aliphatic heterocycles. The highest BCUT2D eigenvalue weighted by atomic mass is 16.5. The van der Waals surface area contributed by atoms with E-state index in [1.807, 2.05) is 44.2 Å². The lowest BCUT2D eigenvalue weighted by Crippen LogP contribution is -2.24. The molecule has 20 heavy (non-hydrogen) atoms. The number of hydrogen-bond donors (Lipinski definition) is 1. The van der Waals surface area contributed by atoms with Crippen LogP contribution in [0.5, 0.6) is 5.75 Å². The number of hydrogen-bond acceptors (Lipinski definition) is 3. The molecule has 0 bridgehead atoms. The number of carbonyl (C=O) groups is 1. The van der Waals surface area contributed by atoms with Crippen molar-refractivity contribution < 1.29 is 9.53 Å². The average Bonchev–Trinajstić information content (AvgIpc) is 2.45. The maximum absolute atomic E-state index is 12.3. The number of ether oxygens (including phenoxy) is 1. The molecule has 1 N–H and O–H groups in total. The third-order valence-corrected chi connectivity index (χ3v) is 3.02. The fourth-order valence-electron chi connectivity index (χ4n) is 2.16. The summed E-state index contributed by atoms with van der Waals surface area (Å²) in [6, 6.07) is 9.44. The molecule has 0 atom stereocenters. The largest absolute Gasteiger partial charge is 0.496 e. The summed E-state index contributed by atoms with van der Waals surface area (Å²) in [6.07, 6.45) is 1.71. The number of aromatic nitrogens is 1. The number of benzene rings is 1. The minimum Gasteiger partial charge on any atom is -0.496 e. The second-order valence-corrected chi connectivity index (χ2v) is 4.67. The summed E-state index contributed by atoms with van der Waals surface area (Å²) in [5, 5.41) is 2.86. The van der Waals surface area contributed by atoms with Gasteiger partial charge in [-0.3, -0.25) is 9.78 Å². The van der Waals surface area contributed by atoms with Crippen LogP contribution in [0, 0.1) is 13.8 Å². The van der Waals surface area contributed by atoms with E-state index < -0.39 is 0 Å². The zero-order valence-electron chi connectivity index (χ0n) is 11.9. The minimum absolute atomic E-state index is 0.153. The second kappa shape index (κ2) is 6.19. The topological polar surface area (TPSA) is 51.2 Å². The Morgan fingerprint density at radius 3 is 2.75 bits per heavy atom. The van der Waals surface area contributed by atoms with Gasteiger partial charge in [0.2, 0.25) is 0 Å². The lowest BCUT2D eigenvalue weighted by Gasteiger charge is -2.12. The molecule has 0 radical (unpaired) electrons. The van der Waals surface area contributed by atoms with Gasteiger partial charge in [0.25, 0.3) is 5.91 Å². The van der Waals surface area contributed by atoms with Crippen LogP contribution >= 0.6 is 0 Å². The van der Waals surface area contributed by atoms with Gasteiger partial charge < -0.3 is 10.1 Å². The molecule has 4 nitrogen and oxygen atoms in total. The summed E-state index contributed by atoms with van der Waals surface area (Å²) in [4.78, 5) is 16.5. The summed E-state index contributed by atoms with van der Waals surface area (Å²) in [5.74, 6) is 0.466. The maximum Gasteiger partial charge on any atom is 0.255 e. The summed E-state index contributed by atoms with van der Waals surface area (Å²) < 4.78 is 5.33. The van der Waals surface area contributed by atoms with Gasteiger partial charge in [-0.25, -0.2) is 0 Å². The van der Waals surface area contributed by atoms with Crippen molar-refractivity contribution in [2.24, 2.45) is 0 Å². The Morgan fingerprint density at radius 1 is 1.30 bits per heavy atom. The van der Waals surface area contributed by atoms with Gasteiger partial charge in [-0.05, 0) is 43.2 Å². The van der Waals surface area contributed by atoms with Crippen molar-refractivity contribution in [3.63, 3.8) is 0 Å². The van der Waals surface area contributed by atoms with Gasteiger partial charge in [0, 0.05) is 6.20 Å². The highest BCUT2D eigenvalue weighted by molar-refractivity contribution is 5.97. The number of nitrogens with zero attached hydrogens (tertiary/aromatic N) is 1. The molecule has 4 heteroatoms. The molecule has 0 spiro atoms. The van der Waals surface area contributed by atoms with Crippen LogP contribution in [0.15, 0.2) is 36.5 Å². The maximum atomic E-state index is 12.3. The fraction of sp³-hybridized carbons (Fsp3) is 0.250. The summed E-state index contributed by atoms with van der Waals surface area (Å²) in [6.45, 7) is 4.29. The molecule has 1 aromatic heterocycles. The third-order valence-electron chi connectivity index (χ3n) is 3.02. The van der Waals surface area contributed by atoms with E-state index in [9.17, 15) is 4.79 Å². The summed E-state index contributed by atoms with van der Waals surface area (Å²) in [7, 11) is 1.58. The van der Waals surface area contributed by atoms with Crippen molar-refractivity contribution in [3.05, 3.63) is 58.9 Å². The molecule has 0 aliphatic carbocycles. The normalized spacial score (nSPS) is 10.2. The van der Waals surface area contributed by atoms with E-state index in [2.05, 4.69) is 10.3 Å². The Balaban J connectivity index is 2.17. The Bertz CT molecular complexity index is 609. The first-order chi connectivity index (χ1) is 9.61. The SMILES string of the molecule is COc1c(C)cc(C)cc1C(=O)NCc1ccccn1. The van der Waals surface area contributed by atoms with Crippen LogP contribution < -0.4 is 10.1 Å². The first-order valence-corrected chi connectivity index (χ1v) is 6.45. The van der Waals surface area contributed by atoms with Crippen molar-refractivity contribution in [1.29, 1.82) is 0 Å².